The van der Waals surface area contributed by atoms with E-state index >= 15 is 0 Å². The van der Waals surface area contributed by atoms with Gasteiger partial charge < -0.3 is 0 Å². The summed E-state index contributed by atoms with van der Waals surface area (Å²) >= 11 is 0. The van der Waals surface area contributed by atoms with E-state index in [1.165, 1.54) is 12.1 Å². The van der Waals surface area contributed by atoms with Crippen molar-refractivity contribution in [3.8, 4) is 0 Å². The summed E-state index contributed by atoms with van der Waals surface area (Å²) in [6.45, 7) is 5.04. The molecule has 0 N–H and O–H groups in total. The molecule has 0 aliphatic carbocycles. The first-order chi connectivity index (χ1) is 6.18. The maximum absolute atomic E-state index is 12.5. The molecule has 0 saturated carbocycles. The number of aliphatic imine (C=N–C) groups is 1. The molecular formula is C11H14FN. The van der Waals surface area contributed by atoms with E-state index in [0.29, 0.717) is 5.92 Å². The second-order valence-electron chi connectivity index (χ2n) is 3.44. The lowest BCUT2D eigenvalue weighted by Crippen LogP contribution is -1.92. The van der Waals surface area contributed by atoms with Gasteiger partial charge in [-0.25, -0.2) is 4.39 Å². The van der Waals surface area contributed by atoms with Crippen molar-refractivity contribution >= 4 is 6.21 Å². The van der Waals surface area contributed by atoms with Crippen LogP contribution in [0.5, 0.6) is 0 Å². The lowest BCUT2D eigenvalue weighted by Gasteiger charge is -1.97. The molecule has 0 amide bonds. The molecule has 0 aliphatic rings. The number of halogens is 1. The molecule has 0 radical (unpaired) electrons. The van der Waals surface area contributed by atoms with E-state index in [1.807, 2.05) is 0 Å². The fraction of sp³-hybridized carbons (Fsp3) is 0.364. The quantitative estimate of drug-likeness (QED) is 0.633. The van der Waals surface area contributed by atoms with Crippen molar-refractivity contribution in [2.45, 2.75) is 13.8 Å². The molecule has 70 valence electrons. The molecule has 0 spiro atoms. The van der Waals surface area contributed by atoms with E-state index in [2.05, 4.69) is 18.8 Å². The van der Waals surface area contributed by atoms with Gasteiger partial charge in [0, 0.05) is 12.8 Å². The standard InChI is InChI=1S/C11H14FN/c1-9(2)7-13-8-10-3-5-11(12)6-4-10/h3-6,8-9H,7H2,1-2H3. The van der Waals surface area contributed by atoms with Gasteiger partial charge in [-0.15, -0.1) is 0 Å². The number of benzene rings is 1. The Balaban J connectivity index is 2.54. The van der Waals surface area contributed by atoms with E-state index in [9.17, 15) is 4.39 Å². The molecule has 0 fully saturated rings. The third-order valence-electron chi connectivity index (χ3n) is 1.58. The van der Waals surface area contributed by atoms with Gasteiger partial charge in [0.2, 0.25) is 0 Å². The van der Waals surface area contributed by atoms with Crippen LogP contribution >= 0.6 is 0 Å². The predicted octanol–water partition coefficient (Wildman–Crippen LogP) is 2.90. The molecule has 1 nitrogen and oxygen atoms in total. The minimum Gasteiger partial charge on any atom is -0.292 e. The van der Waals surface area contributed by atoms with Crippen LogP contribution in [0.2, 0.25) is 0 Å². The molecule has 0 aromatic heterocycles. The van der Waals surface area contributed by atoms with Crippen molar-refractivity contribution in [2.24, 2.45) is 10.9 Å². The summed E-state index contributed by atoms with van der Waals surface area (Å²) in [6.07, 6.45) is 1.78. The topological polar surface area (TPSA) is 12.4 Å². The van der Waals surface area contributed by atoms with Gasteiger partial charge in [-0.3, -0.25) is 4.99 Å². The third-order valence-corrected chi connectivity index (χ3v) is 1.58. The Morgan fingerprint density at radius 1 is 1.31 bits per heavy atom. The van der Waals surface area contributed by atoms with E-state index in [4.69, 9.17) is 0 Å². The smallest absolute Gasteiger partial charge is 0.123 e. The number of nitrogens with zero attached hydrogens (tertiary/aromatic N) is 1. The van der Waals surface area contributed by atoms with Crippen molar-refractivity contribution in [1.29, 1.82) is 0 Å². The fourth-order valence-corrected chi connectivity index (χ4v) is 0.918. The van der Waals surface area contributed by atoms with Crippen LogP contribution in [-0.4, -0.2) is 12.8 Å². The van der Waals surface area contributed by atoms with Crippen molar-refractivity contribution in [1.82, 2.24) is 0 Å². The van der Waals surface area contributed by atoms with Crippen molar-refractivity contribution < 1.29 is 4.39 Å². The van der Waals surface area contributed by atoms with Crippen LogP contribution in [0.4, 0.5) is 4.39 Å². The van der Waals surface area contributed by atoms with Crippen LogP contribution in [0.1, 0.15) is 19.4 Å². The minimum absolute atomic E-state index is 0.207. The van der Waals surface area contributed by atoms with Gasteiger partial charge in [0.05, 0.1) is 0 Å². The highest BCUT2D eigenvalue weighted by Crippen LogP contribution is 2.00. The van der Waals surface area contributed by atoms with Gasteiger partial charge in [0.1, 0.15) is 5.82 Å². The molecule has 0 saturated heterocycles. The molecule has 13 heavy (non-hydrogen) atoms. The molecule has 0 aliphatic heterocycles. The molecule has 1 rings (SSSR count). The summed E-state index contributed by atoms with van der Waals surface area (Å²) in [4.78, 5) is 4.22. The maximum atomic E-state index is 12.5. The van der Waals surface area contributed by atoms with Crippen LogP contribution in [0.3, 0.4) is 0 Å². The van der Waals surface area contributed by atoms with Crippen molar-refractivity contribution in [2.75, 3.05) is 6.54 Å². The van der Waals surface area contributed by atoms with Crippen molar-refractivity contribution in [3.05, 3.63) is 35.6 Å². The van der Waals surface area contributed by atoms with Crippen LogP contribution in [0, 0.1) is 11.7 Å². The Morgan fingerprint density at radius 3 is 2.46 bits per heavy atom. The SMILES string of the molecule is CC(C)CN=Cc1ccc(F)cc1. The summed E-state index contributed by atoms with van der Waals surface area (Å²) in [5, 5.41) is 0. The average molecular weight is 179 g/mol. The zero-order valence-electron chi connectivity index (χ0n) is 8.00. The van der Waals surface area contributed by atoms with Crippen LogP contribution < -0.4 is 0 Å². The van der Waals surface area contributed by atoms with Gasteiger partial charge in [-0.05, 0) is 23.6 Å². The number of hydrogen-bond donors (Lipinski definition) is 0. The molecule has 2 heteroatoms. The summed E-state index contributed by atoms with van der Waals surface area (Å²) in [6, 6.07) is 6.33. The highest BCUT2D eigenvalue weighted by atomic mass is 19.1. The monoisotopic (exact) mass is 179 g/mol. The largest absolute Gasteiger partial charge is 0.292 e. The summed E-state index contributed by atoms with van der Waals surface area (Å²) in [5.41, 5.74) is 0.946. The number of hydrogen-bond acceptors (Lipinski definition) is 1. The van der Waals surface area contributed by atoms with E-state index < -0.39 is 0 Å². The Bertz CT molecular complexity index is 275. The van der Waals surface area contributed by atoms with Gasteiger partial charge in [0.15, 0.2) is 0 Å². The van der Waals surface area contributed by atoms with Gasteiger partial charge in [-0.1, -0.05) is 26.0 Å². The zero-order chi connectivity index (χ0) is 9.68. The first-order valence-corrected chi connectivity index (χ1v) is 4.44. The Morgan fingerprint density at radius 2 is 1.92 bits per heavy atom. The van der Waals surface area contributed by atoms with Gasteiger partial charge >= 0.3 is 0 Å². The molecule has 1 aromatic carbocycles. The van der Waals surface area contributed by atoms with Crippen LogP contribution in [-0.2, 0) is 0 Å². The van der Waals surface area contributed by atoms with Gasteiger partial charge in [0.25, 0.3) is 0 Å². The predicted molar refractivity (Wildman–Crippen MR) is 53.7 cm³/mol. The molecule has 0 unspecified atom stereocenters. The van der Waals surface area contributed by atoms with E-state index in [-0.39, 0.29) is 5.82 Å². The maximum Gasteiger partial charge on any atom is 0.123 e. The Kier molecular flexibility index (Phi) is 3.62. The first kappa shape index (κ1) is 9.90. The van der Waals surface area contributed by atoms with Crippen molar-refractivity contribution in [3.63, 3.8) is 0 Å². The second kappa shape index (κ2) is 4.75. The lowest BCUT2D eigenvalue weighted by atomic mass is 10.2. The Hall–Kier alpha value is -1.18. The fourth-order valence-electron chi connectivity index (χ4n) is 0.918. The highest BCUT2D eigenvalue weighted by Gasteiger charge is 1.90. The lowest BCUT2D eigenvalue weighted by molar-refractivity contribution is 0.627. The molecule has 0 bridgehead atoms. The molecular weight excluding hydrogens is 165 g/mol. The first-order valence-electron chi connectivity index (χ1n) is 4.44. The average Bonchev–Trinajstić information content (AvgIpc) is 2.08. The zero-order valence-corrected chi connectivity index (χ0v) is 8.00. The van der Waals surface area contributed by atoms with Gasteiger partial charge in [-0.2, -0.15) is 0 Å². The minimum atomic E-state index is -0.207. The highest BCUT2D eigenvalue weighted by molar-refractivity contribution is 5.79. The van der Waals surface area contributed by atoms with Crippen LogP contribution in [0.15, 0.2) is 29.3 Å². The normalized spacial score (nSPS) is 11.4. The molecule has 0 heterocycles. The Labute approximate surface area is 78.3 Å². The summed E-state index contributed by atoms with van der Waals surface area (Å²) in [7, 11) is 0. The molecule has 0 atom stereocenters. The number of rotatable bonds is 3. The van der Waals surface area contributed by atoms with Crippen LogP contribution in [0.25, 0.3) is 0 Å². The summed E-state index contributed by atoms with van der Waals surface area (Å²) in [5.74, 6) is 0.359. The summed E-state index contributed by atoms with van der Waals surface area (Å²) < 4.78 is 12.5. The third kappa shape index (κ3) is 3.83. The molecule has 1 aromatic rings. The second-order valence-corrected chi connectivity index (χ2v) is 3.44. The van der Waals surface area contributed by atoms with E-state index in [0.717, 1.165) is 12.1 Å². The van der Waals surface area contributed by atoms with E-state index in [1.54, 1.807) is 18.3 Å².